The molecule has 0 aliphatic heterocycles. The Morgan fingerprint density at radius 3 is 1.56 bits per heavy atom. The van der Waals surface area contributed by atoms with Crippen LogP contribution in [0.25, 0.3) is 0 Å². The molecule has 0 radical (unpaired) electrons. The fraction of sp³-hybridized carbons (Fsp3) is 0.600. The first-order valence-corrected chi connectivity index (χ1v) is 5.07. The summed E-state index contributed by atoms with van der Waals surface area (Å²) in [5.74, 6) is -10.1. The van der Waals surface area contributed by atoms with E-state index in [0.717, 1.165) is 0 Å². The summed E-state index contributed by atoms with van der Waals surface area (Å²) >= 11 is 0. The van der Waals surface area contributed by atoms with Crippen LogP contribution in [0, 0.1) is 17.8 Å². The number of hydrogen-bond donors (Lipinski definition) is 4. The van der Waals surface area contributed by atoms with Crippen molar-refractivity contribution in [3.8, 4) is 0 Å². The normalized spacial score (nSPS) is 15.4. The van der Waals surface area contributed by atoms with Gasteiger partial charge in [0, 0.05) is 0 Å². The van der Waals surface area contributed by atoms with Crippen LogP contribution in [0.2, 0.25) is 0 Å². The Morgan fingerprint density at radius 2 is 1.28 bits per heavy atom. The lowest BCUT2D eigenvalue weighted by atomic mass is 9.83. The van der Waals surface area contributed by atoms with Crippen LogP contribution < -0.4 is 0 Å². The minimum atomic E-state index is -1.65. The standard InChI is InChI=1S/C10H14O8/c1-4(8(13)14)2-5(9(15)16)6(10(17)18)3-7(11)12/h4-6H,2-3H2,1H3,(H,11,12)(H,13,14)(H,15,16)(H,17,18). The van der Waals surface area contributed by atoms with Gasteiger partial charge in [0.15, 0.2) is 0 Å². The quantitative estimate of drug-likeness (QED) is 0.476. The summed E-state index contributed by atoms with van der Waals surface area (Å²) < 4.78 is 0. The van der Waals surface area contributed by atoms with E-state index in [9.17, 15) is 19.2 Å². The van der Waals surface area contributed by atoms with Gasteiger partial charge in [-0.2, -0.15) is 0 Å². The van der Waals surface area contributed by atoms with Crippen molar-refractivity contribution >= 4 is 23.9 Å². The Bertz CT molecular complexity index is 361. The molecule has 0 spiro atoms. The molecule has 0 aliphatic rings. The highest BCUT2D eigenvalue weighted by molar-refractivity contribution is 5.84. The molecule has 3 atom stereocenters. The third-order valence-corrected chi connectivity index (χ3v) is 2.54. The summed E-state index contributed by atoms with van der Waals surface area (Å²) in [6, 6.07) is 0. The van der Waals surface area contributed by atoms with Gasteiger partial charge in [-0.05, 0) is 6.42 Å². The van der Waals surface area contributed by atoms with Gasteiger partial charge in [-0.3, -0.25) is 19.2 Å². The van der Waals surface area contributed by atoms with Crippen LogP contribution >= 0.6 is 0 Å². The molecule has 0 aromatic heterocycles. The van der Waals surface area contributed by atoms with Crippen molar-refractivity contribution in [1.29, 1.82) is 0 Å². The predicted octanol–water partition coefficient (Wildman–Crippen LogP) is -0.0265. The summed E-state index contributed by atoms with van der Waals surface area (Å²) in [4.78, 5) is 42.9. The first-order chi connectivity index (χ1) is 8.16. The molecule has 8 heteroatoms. The summed E-state index contributed by atoms with van der Waals surface area (Å²) in [7, 11) is 0. The van der Waals surface area contributed by atoms with E-state index in [1.807, 2.05) is 0 Å². The van der Waals surface area contributed by atoms with Crippen molar-refractivity contribution in [2.24, 2.45) is 17.8 Å². The third-order valence-electron chi connectivity index (χ3n) is 2.54. The summed E-state index contributed by atoms with van der Waals surface area (Å²) in [5.41, 5.74) is 0. The Labute approximate surface area is 102 Å². The maximum Gasteiger partial charge on any atom is 0.307 e. The molecule has 18 heavy (non-hydrogen) atoms. The molecule has 3 unspecified atom stereocenters. The maximum atomic E-state index is 10.9. The Kier molecular flexibility index (Phi) is 5.80. The van der Waals surface area contributed by atoms with E-state index in [1.54, 1.807) is 0 Å². The fourth-order valence-electron chi connectivity index (χ4n) is 1.51. The average Bonchev–Trinajstić information content (AvgIpc) is 2.21. The van der Waals surface area contributed by atoms with E-state index >= 15 is 0 Å². The van der Waals surface area contributed by atoms with Crippen LogP contribution in [-0.2, 0) is 19.2 Å². The Hall–Kier alpha value is -2.12. The number of rotatable bonds is 8. The molecule has 0 saturated carbocycles. The van der Waals surface area contributed by atoms with Gasteiger partial charge in [0.05, 0.1) is 24.2 Å². The number of aliphatic carboxylic acids is 4. The molecule has 0 aromatic carbocycles. The first kappa shape index (κ1) is 15.9. The molecule has 102 valence electrons. The highest BCUT2D eigenvalue weighted by atomic mass is 16.4. The van der Waals surface area contributed by atoms with E-state index in [1.165, 1.54) is 6.92 Å². The van der Waals surface area contributed by atoms with Crippen LogP contribution in [-0.4, -0.2) is 44.3 Å². The Morgan fingerprint density at radius 1 is 0.833 bits per heavy atom. The number of carbonyl (C=O) groups is 4. The zero-order valence-electron chi connectivity index (χ0n) is 9.57. The minimum absolute atomic E-state index is 0.436. The van der Waals surface area contributed by atoms with Crippen molar-refractivity contribution < 1.29 is 39.6 Å². The minimum Gasteiger partial charge on any atom is -0.481 e. The molecule has 0 heterocycles. The molecule has 0 aliphatic carbocycles. The monoisotopic (exact) mass is 262 g/mol. The molecule has 0 fully saturated rings. The highest BCUT2D eigenvalue weighted by Gasteiger charge is 2.37. The van der Waals surface area contributed by atoms with E-state index in [0.29, 0.717) is 0 Å². The SMILES string of the molecule is CC(CC(C(=O)O)C(CC(=O)O)C(=O)O)C(=O)O. The maximum absolute atomic E-state index is 10.9. The van der Waals surface area contributed by atoms with Gasteiger partial charge in [0.1, 0.15) is 0 Å². The summed E-state index contributed by atoms with van der Waals surface area (Å²) in [5, 5.41) is 34.9. The molecule has 0 rings (SSSR count). The number of carboxylic acid groups (broad SMARTS) is 4. The fourth-order valence-corrected chi connectivity index (χ4v) is 1.51. The van der Waals surface area contributed by atoms with Crippen LogP contribution in [0.4, 0.5) is 0 Å². The number of hydrogen-bond acceptors (Lipinski definition) is 4. The van der Waals surface area contributed by atoms with E-state index in [-0.39, 0.29) is 0 Å². The second-order valence-corrected chi connectivity index (χ2v) is 3.96. The van der Waals surface area contributed by atoms with E-state index < -0.39 is 54.5 Å². The third kappa shape index (κ3) is 4.81. The van der Waals surface area contributed by atoms with Gasteiger partial charge in [-0.25, -0.2) is 0 Å². The van der Waals surface area contributed by atoms with Crippen LogP contribution in [0.3, 0.4) is 0 Å². The van der Waals surface area contributed by atoms with Gasteiger partial charge in [-0.1, -0.05) is 6.92 Å². The van der Waals surface area contributed by atoms with Crippen LogP contribution in [0.15, 0.2) is 0 Å². The lowest BCUT2D eigenvalue weighted by Crippen LogP contribution is -2.34. The predicted molar refractivity (Wildman–Crippen MR) is 55.9 cm³/mol. The lowest BCUT2D eigenvalue weighted by Gasteiger charge is -2.20. The van der Waals surface area contributed by atoms with Crippen LogP contribution in [0.1, 0.15) is 19.8 Å². The van der Waals surface area contributed by atoms with Crippen molar-refractivity contribution in [3.05, 3.63) is 0 Å². The Balaban J connectivity index is 5.04. The second-order valence-electron chi connectivity index (χ2n) is 3.96. The molecular formula is C10H14O8. The second kappa shape index (κ2) is 6.58. The van der Waals surface area contributed by atoms with Crippen molar-refractivity contribution in [1.82, 2.24) is 0 Å². The first-order valence-electron chi connectivity index (χ1n) is 5.07. The van der Waals surface area contributed by atoms with Gasteiger partial charge in [0.2, 0.25) is 0 Å². The van der Waals surface area contributed by atoms with Gasteiger partial charge >= 0.3 is 23.9 Å². The molecule has 8 nitrogen and oxygen atoms in total. The molecule has 0 bridgehead atoms. The molecule has 0 amide bonds. The number of carboxylic acids is 4. The smallest absolute Gasteiger partial charge is 0.307 e. The molecule has 0 saturated heterocycles. The zero-order valence-corrected chi connectivity index (χ0v) is 9.57. The van der Waals surface area contributed by atoms with E-state index in [2.05, 4.69) is 0 Å². The van der Waals surface area contributed by atoms with Crippen LogP contribution in [0.5, 0.6) is 0 Å². The molecular weight excluding hydrogens is 248 g/mol. The molecule has 0 aromatic rings. The van der Waals surface area contributed by atoms with Gasteiger partial charge in [-0.15, -0.1) is 0 Å². The van der Waals surface area contributed by atoms with Gasteiger partial charge < -0.3 is 20.4 Å². The summed E-state index contributed by atoms with van der Waals surface area (Å²) in [6.07, 6.45) is -1.30. The largest absolute Gasteiger partial charge is 0.481 e. The zero-order chi connectivity index (χ0) is 14.5. The van der Waals surface area contributed by atoms with Crippen molar-refractivity contribution in [3.63, 3.8) is 0 Å². The summed E-state index contributed by atoms with van der Waals surface area (Å²) in [6.45, 7) is 1.23. The highest BCUT2D eigenvalue weighted by Crippen LogP contribution is 2.24. The topological polar surface area (TPSA) is 149 Å². The van der Waals surface area contributed by atoms with E-state index in [4.69, 9.17) is 20.4 Å². The molecule has 4 N–H and O–H groups in total. The average molecular weight is 262 g/mol. The van der Waals surface area contributed by atoms with Gasteiger partial charge in [0.25, 0.3) is 0 Å². The lowest BCUT2D eigenvalue weighted by molar-refractivity contribution is -0.158. The van der Waals surface area contributed by atoms with Crippen molar-refractivity contribution in [2.75, 3.05) is 0 Å². The van der Waals surface area contributed by atoms with Crippen molar-refractivity contribution in [2.45, 2.75) is 19.8 Å².